The third kappa shape index (κ3) is 3.36. The lowest BCUT2D eigenvalue weighted by atomic mass is 10.2. The predicted molar refractivity (Wildman–Crippen MR) is 59.0 cm³/mol. The van der Waals surface area contributed by atoms with E-state index in [0.29, 0.717) is 6.54 Å². The second-order valence-electron chi connectivity index (χ2n) is 3.21. The Morgan fingerprint density at radius 2 is 2.23 bits per heavy atom. The van der Waals surface area contributed by atoms with Gasteiger partial charge in [0.25, 0.3) is 0 Å². The maximum absolute atomic E-state index is 9.08. The van der Waals surface area contributed by atoms with E-state index in [4.69, 9.17) is 5.11 Å². The molecule has 0 aromatic heterocycles. The molecule has 0 aliphatic carbocycles. The van der Waals surface area contributed by atoms with Crippen molar-refractivity contribution in [3.8, 4) is 0 Å². The predicted octanol–water partition coefficient (Wildman–Crippen LogP) is 2.55. The van der Waals surface area contributed by atoms with E-state index in [1.54, 1.807) is 6.92 Å². The van der Waals surface area contributed by atoms with E-state index in [1.165, 1.54) is 5.56 Å². The highest BCUT2D eigenvalue weighted by Gasteiger charge is 2.00. The number of hydrogen-bond acceptors (Lipinski definition) is 2. The normalized spacial score (nSPS) is 12.6. The molecule has 0 spiro atoms. The average molecular weight is 244 g/mol. The van der Waals surface area contributed by atoms with Crippen LogP contribution in [0.2, 0.25) is 0 Å². The largest absolute Gasteiger partial charge is 0.392 e. The maximum atomic E-state index is 9.08. The molecule has 0 saturated heterocycles. The van der Waals surface area contributed by atoms with Crippen molar-refractivity contribution in [3.05, 3.63) is 28.2 Å². The molecule has 0 heterocycles. The van der Waals surface area contributed by atoms with Gasteiger partial charge in [-0.3, -0.25) is 0 Å². The van der Waals surface area contributed by atoms with Crippen LogP contribution in [0.5, 0.6) is 0 Å². The fourth-order valence-corrected chi connectivity index (χ4v) is 1.65. The van der Waals surface area contributed by atoms with Crippen molar-refractivity contribution in [3.63, 3.8) is 0 Å². The SMILES string of the molecule is Cc1ccc(NCC(C)O)c(Br)c1. The van der Waals surface area contributed by atoms with Crippen molar-refractivity contribution in [2.75, 3.05) is 11.9 Å². The van der Waals surface area contributed by atoms with Gasteiger partial charge < -0.3 is 10.4 Å². The molecule has 1 atom stereocenters. The molecule has 2 nitrogen and oxygen atoms in total. The molecule has 0 saturated carbocycles. The first-order valence-electron chi connectivity index (χ1n) is 4.27. The van der Waals surface area contributed by atoms with Gasteiger partial charge in [-0.1, -0.05) is 6.07 Å². The van der Waals surface area contributed by atoms with Crippen LogP contribution in [-0.2, 0) is 0 Å². The third-order valence-corrected chi connectivity index (χ3v) is 2.37. The Bertz CT molecular complexity index is 286. The van der Waals surface area contributed by atoms with Gasteiger partial charge in [0.15, 0.2) is 0 Å². The molecule has 1 aromatic rings. The highest BCUT2D eigenvalue weighted by molar-refractivity contribution is 9.10. The van der Waals surface area contributed by atoms with E-state index in [1.807, 2.05) is 25.1 Å². The van der Waals surface area contributed by atoms with Crippen LogP contribution in [-0.4, -0.2) is 17.8 Å². The van der Waals surface area contributed by atoms with E-state index >= 15 is 0 Å². The Morgan fingerprint density at radius 3 is 2.77 bits per heavy atom. The molecule has 0 fully saturated rings. The Morgan fingerprint density at radius 1 is 1.54 bits per heavy atom. The highest BCUT2D eigenvalue weighted by Crippen LogP contribution is 2.23. The molecule has 0 aliphatic rings. The highest BCUT2D eigenvalue weighted by atomic mass is 79.9. The van der Waals surface area contributed by atoms with Crippen LogP contribution < -0.4 is 5.32 Å². The number of nitrogens with one attached hydrogen (secondary N) is 1. The minimum atomic E-state index is -0.326. The van der Waals surface area contributed by atoms with Crippen LogP contribution in [0.3, 0.4) is 0 Å². The van der Waals surface area contributed by atoms with Gasteiger partial charge in [0.1, 0.15) is 0 Å². The molecule has 0 bridgehead atoms. The number of hydrogen-bond donors (Lipinski definition) is 2. The van der Waals surface area contributed by atoms with Crippen molar-refractivity contribution in [2.45, 2.75) is 20.0 Å². The lowest BCUT2D eigenvalue weighted by Crippen LogP contribution is -2.15. The first kappa shape index (κ1) is 10.5. The maximum Gasteiger partial charge on any atom is 0.0684 e. The van der Waals surface area contributed by atoms with Gasteiger partial charge in [-0.2, -0.15) is 0 Å². The van der Waals surface area contributed by atoms with Gasteiger partial charge in [0.05, 0.1) is 6.10 Å². The Hall–Kier alpha value is -0.540. The second kappa shape index (κ2) is 4.63. The lowest BCUT2D eigenvalue weighted by molar-refractivity contribution is 0.208. The van der Waals surface area contributed by atoms with Crippen molar-refractivity contribution < 1.29 is 5.11 Å². The van der Waals surface area contributed by atoms with Crippen LogP contribution in [0.15, 0.2) is 22.7 Å². The summed E-state index contributed by atoms with van der Waals surface area (Å²) in [5.74, 6) is 0. The molecule has 1 aromatic carbocycles. The summed E-state index contributed by atoms with van der Waals surface area (Å²) in [7, 11) is 0. The average Bonchev–Trinajstić information content (AvgIpc) is 2.02. The van der Waals surface area contributed by atoms with E-state index < -0.39 is 0 Å². The van der Waals surface area contributed by atoms with Crippen LogP contribution in [0, 0.1) is 6.92 Å². The molecule has 0 aliphatic heterocycles. The van der Waals surface area contributed by atoms with Gasteiger partial charge >= 0.3 is 0 Å². The van der Waals surface area contributed by atoms with Crippen molar-refractivity contribution in [2.24, 2.45) is 0 Å². The van der Waals surface area contributed by atoms with Crippen LogP contribution in [0.4, 0.5) is 5.69 Å². The molecule has 2 N–H and O–H groups in total. The summed E-state index contributed by atoms with van der Waals surface area (Å²) in [5.41, 5.74) is 2.24. The summed E-state index contributed by atoms with van der Waals surface area (Å²) in [6.07, 6.45) is -0.326. The number of benzene rings is 1. The van der Waals surface area contributed by atoms with Crippen LogP contribution in [0.25, 0.3) is 0 Å². The molecule has 0 radical (unpaired) electrons. The molecular weight excluding hydrogens is 230 g/mol. The van der Waals surface area contributed by atoms with Gasteiger partial charge in [0.2, 0.25) is 0 Å². The summed E-state index contributed by atoms with van der Waals surface area (Å²) < 4.78 is 1.04. The Kier molecular flexibility index (Phi) is 3.75. The Balaban J connectivity index is 2.67. The minimum Gasteiger partial charge on any atom is -0.392 e. The Labute approximate surface area is 87.1 Å². The van der Waals surface area contributed by atoms with E-state index in [9.17, 15) is 0 Å². The zero-order valence-corrected chi connectivity index (χ0v) is 9.43. The lowest BCUT2D eigenvalue weighted by Gasteiger charge is -2.10. The van der Waals surface area contributed by atoms with E-state index in [0.717, 1.165) is 10.2 Å². The zero-order chi connectivity index (χ0) is 9.84. The monoisotopic (exact) mass is 243 g/mol. The fraction of sp³-hybridized carbons (Fsp3) is 0.400. The topological polar surface area (TPSA) is 32.3 Å². The summed E-state index contributed by atoms with van der Waals surface area (Å²) in [6.45, 7) is 4.37. The molecule has 13 heavy (non-hydrogen) atoms. The van der Waals surface area contributed by atoms with Gasteiger partial charge in [-0.15, -0.1) is 0 Å². The number of aliphatic hydroxyl groups excluding tert-OH is 1. The van der Waals surface area contributed by atoms with Gasteiger partial charge in [0, 0.05) is 16.7 Å². The summed E-state index contributed by atoms with van der Waals surface area (Å²) >= 11 is 3.45. The standard InChI is InChI=1S/C10H14BrNO/c1-7-3-4-10(9(11)5-7)12-6-8(2)13/h3-5,8,12-13H,6H2,1-2H3. The first-order chi connectivity index (χ1) is 6.09. The number of anilines is 1. The third-order valence-electron chi connectivity index (χ3n) is 1.71. The molecule has 3 heteroatoms. The zero-order valence-electron chi connectivity index (χ0n) is 7.84. The van der Waals surface area contributed by atoms with Crippen LogP contribution in [0.1, 0.15) is 12.5 Å². The first-order valence-corrected chi connectivity index (χ1v) is 5.07. The number of aryl methyl sites for hydroxylation is 1. The van der Waals surface area contributed by atoms with Gasteiger partial charge in [-0.25, -0.2) is 0 Å². The van der Waals surface area contributed by atoms with E-state index in [-0.39, 0.29) is 6.10 Å². The molecule has 1 rings (SSSR count). The summed E-state index contributed by atoms with van der Waals surface area (Å²) in [4.78, 5) is 0. The number of rotatable bonds is 3. The van der Waals surface area contributed by atoms with Crippen molar-refractivity contribution >= 4 is 21.6 Å². The number of aliphatic hydroxyl groups is 1. The molecule has 0 amide bonds. The number of halogens is 1. The van der Waals surface area contributed by atoms with Crippen molar-refractivity contribution in [1.82, 2.24) is 0 Å². The van der Waals surface area contributed by atoms with Gasteiger partial charge in [-0.05, 0) is 47.5 Å². The molecule has 1 unspecified atom stereocenters. The summed E-state index contributed by atoms with van der Waals surface area (Å²) in [6, 6.07) is 6.08. The fourth-order valence-electron chi connectivity index (χ4n) is 1.02. The summed E-state index contributed by atoms with van der Waals surface area (Å²) in [5, 5.41) is 12.2. The smallest absolute Gasteiger partial charge is 0.0684 e. The second-order valence-corrected chi connectivity index (χ2v) is 4.07. The molecular formula is C10H14BrNO. The van der Waals surface area contributed by atoms with E-state index in [2.05, 4.69) is 21.2 Å². The van der Waals surface area contributed by atoms with Crippen LogP contribution >= 0.6 is 15.9 Å². The molecule has 72 valence electrons. The quantitative estimate of drug-likeness (QED) is 0.856. The van der Waals surface area contributed by atoms with Crippen molar-refractivity contribution in [1.29, 1.82) is 0 Å². The minimum absolute atomic E-state index is 0.326.